The van der Waals surface area contributed by atoms with Crippen molar-refractivity contribution >= 4 is 23.1 Å². The number of primary amides is 1. The van der Waals surface area contributed by atoms with E-state index in [-0.39, 0.29) is 11.5 Å². The first-order valence-corrected chi connectivity index (χ1v) is 6.28. The number of fused-ring (bicyclic) bond motifs is 1. The lowest BCUT2D eigenvalue weighted by Gasteiger charge is -2.09. The summed E-state index contributed by atoms with van der Waals surface area (Å²) in [5.41, 5.74) is 6.91. The number of nitrogens with zero attached hydrogens (tertiary/aromatic N) is 2. The molecule has 104 valence electrons. The van der Waals surface area contributed by atoms with E-state index >= 15 is 0 Å². The number of carbonyl (C=O) groups is 2. The molecule has 0 bridgehead atoms. The average molecular weight is 280 g/mol. The topological polar surface area (TPSA) is 89.5 Å². The first kappa shape index (κ1) is 12.9. The van der Waals surface area contributed by atoms with Gasteiger partial charge in [0, 0.05) is 18.6 Å². The number of nitrogens with one attached hydrogen (secondary N) is 1. The number of amides is 2. The lowest BCUT2D eigenvalue weighted by molar-refractivity contribution is 0.100. The Hall–Kier alpha value is -3.15. The second kappa shape index (κ2) is 5.09. The van der Waals surface area contributed by atoms with Gasteiger partial charge in [-0.3, -0.25) is 9.59 Å². The van der Waals surface area contributed by atoms with Crippen molar-refractivity contribution in [2.24, 2.45) is 5.73 Å². The summed E-state index contributed by atoms with van der Waals surface area (Å²) in [6.07, 6.45) is 5.17. The number of carbonyl (C=O) groups excluding carboxylic acids is 2. The molecule has 3 rings (SSSR count). The number of para-hydroxylation sites is 1. The van der Waals surface area contributed by atoms with Crippen LogP contribution in [0.15, 0.2) is 55.0 Å². The normalized spacial score (nSPS) is 10.5. The lowest BCUT2D eigenvalue weighted by atomic mass is 10.1. The van der Waals surface area contributed by atoms with Gasteiger partial charge in [0.2, 0.25) is 0 Å². The Balaban J connectivity index is 1.97. The van der Waals surface area contributed by atoms with Crippen LogP contribution in [0.25, 0.3) is 5.65 Å². The Morgan fingerprint density at radius 2 is 1.81 bits per heavy atom. The van der Waals surface area contributed by atoms with E-state index in [0.29, 0.717) is 16.9 Å². The van der Waals surface area contributed by atoms with Gasteiger partial charge in [-0.25, -0.2) is 4.98 Å². The van der Waals surface area contributed by atoms with E-state index in [1.807, 2.05) is 0 Å². The lowest BCUT2D eigenvalue weighted by Crippen LogP contribution is -2.18. The molecule has 2 aromatic heterocycles. The van der Waals surface area contributed by atoms with Crippen LogP contribution >= 0.6 is 0 Å². The SMILES string of the molecule is NC(=O)c1ccccc1NC(=O)c1cccn2ccnc12. The number of hydrogen-bond acceptors (Lipinski definition) is 3. The molecule has 6 nitrogen and oxygen atoms in total. The molecule has 0 fully saturated rings. The van der Waals surface area contributed by atoms with E-state index in [2.05, 4.69) is 10.3 Å². The minimum absolute atomic E-state index is 0.265. The van der Waals surface area contributed by atoms with E-state index in [1.165, 1.54) is 0 Å². The van der Waals surface area contributed by atoms with Gasteiger partial charge in [-0.1, -0.05) is 12.1 Å². The fourth-order valence-electron chi connectivity index (χ4n) is 2.12. The van der Waals surface area contributed by atoms with Gasteiger partial charge in [0.1, 0.15) is 5.65 Å². The zero-order chi connectivity index (χ0) is 14.8. The molecule has 0 spiro atoms. The molecule has 0 atom stereocenters. The van der Waals surface area contributed by atoms with E-state index in [4.69, 9.17) is 5.73 Å². The number of aromatic nitrogens is 2. The third kappa shape index (κ3) is 2.34. The molecule has 3 N–H and O–H groups in total. The number of imidazole rings is 1. The van der Waals surface area contributed by atoms with E-state index in [9.17, 15) is 9.59 Å². The van der Waals surface area contributed by atoms with Crippen molar-refractivity contribution < 1.29 is 9.59 Å². The summed E-state index contributed by atoms with van der Waals surface area (Å²) in [5, 5.41) is 2.70. The van der Waals surface area contributed by atoms with E-state index in [1.54, 1.807) is 59.4 Å². The highest BCUT2D eigenvalue weighted by Crippen LogP contribution is 2.17. The molecule has 0 radical (unpaired) electrons. The molecular formula is C15H12N4O2. The summed E-state index contributed by atoms with van der Waals surface area (Å²) in [7, 11) is 0. The highest BCUT2D eigenvalue weighted by molar-refractivity contribution is 6.11. The number of benzene rings is 1. The first-order valence-electron chi connectivity index (χ1n) is 6.28. The van der Waals surface area contributed by atoms with Crippen molar-refractivity contribution in [2.75, 3.05) is 5.32 Å². The smallest absolute Gasteiger partial charge is 0.259 e. The van der Waals surface area contributed by atoms with Crippen LogP contribution in [-0.4, -0.2) is 21.2 Å². The summed E-state index contributed by atoms with van der Waals surface area (Å²) < 4.78 is 1.74. The van der Waals surface area contributed by atoms with Crippen LogP contribution < -0.4 is 11.1 Å². The molecule has 0 saturated heterocycles. The predicted molar refractivity (Wildman–Crippen MR) is 78.1 cm³/mol. The van der Waals surface area contributed by atoms with Gasteiger partial charge in [-0.15, -0.1) is 0 Å². The summed E-state index contributed by atoms with van der Waals surface area (Å²) in [6.45, 7) is 0. The average Bonchev–Trinajstić information content (AvgIpc) is 2.95. The Labute approximate surface area is 120 Å². The van der Waals surface area contributed by atoms with Crippen LogP contribution in [0.3, 0.4) is 0 Å². The molecule has 0 saturated carbocycles. The maximum Gasteiger partial charge on any atom is 0.259 e. The molecule has 2 heterocycles. The van der Waals surface area contributed by atoms with Gasteiger partial charge in [-0.05, 0) is 24.3 Å². The monoisotopic (exact) mass is 280 g/mol. The maximum absolute atomic E-state index is 12.4. The van der Waals surface area contributed by atoms with Gasteiger partial charge >= 0.3 is 0 Å². The Morgan fingerprint density at radius 1 is 1.05 bits per heavy atom. The van der Waals surface area contributed by atoms with Gasteiger partial charge in [-0.2, -0.15) is 0 Å². The Kier molecular flexibility index (Phi) is 3.12. The zero-order valence-electron chi connectivity index (χ0n) is 11.0. The van der Waals surface area contributed by atoms with Crippen LogP contribution in [-0.2, 0) is 0 Å². The quantitative estimate of drug-likeness (QED) is 0.765. The van der Waals surface area contributed by atoms with Gasteiger partial charge in [0.25, 0.3) is 11.8 Å². The second-order valence-electron chi connectivity index (χ2n) is 4.44. The highest BCUT2D eigenvalue weighted by atomic mass is 16.2. The Bertz CT molecular complexity index is 838. The third-order valence-electron chi connectivity index (χ3n) is 3.10. The van der Waals surface area contributed by atoms with Crippen LogP contribution in [0.5, 0.6) is 0 Å². The predicted octanol–water partition coefficient (Wildman–Crippen LogP) is 1.69. The van der Waals surface area contributed by atoms with Crippen molar-refractivity contribution in [1.82, 2.24) is 9.38 Å². The number of pyridine rings is 1. The summed E-state index contributed by atoms with van der Waals surface area (Å²) >= 11 is 0. The third-order valence-corrected chi connectivity index (χ3v) is 3.10. The van der Waals surface area contributed by atoms with E-state index in [0.717, 1.165) is 0 Å². The molecule has 3 aromatic rings. The number of hydrogen-bond donors (Lipinski definition) is 2. The van der Waals surface area contributed by atoms with Crippen molar-refractivity contribution in [1.29, 1.82) is 0 Å². The molecule has 0 aliphatic carbocycles. The molecule has 6 heteroatoms. The summed E-state index contributed by atoms with van der Waals surface area (Å²) in [6, 6.07) is 10.0. The molecule has 0 unspecified atom stereocenters. The van der Waals surface area contributed by atoms with Crippen LogP contribution in [0, 0.1) is 0 Å². The molecular weight excluding hydrogens is 268 g/mol. The minimum atomic E-state index is -0.593. The van der Waals surface area contributed by atoms with E-state index < -0.39 is 5.91 Å². The minimum Gasteiger partial charge on any atom is -0.366 e. The molecule has 21 heavy (non-hydrogen) atoms. The van der Waals surface area contributed by atoms with Crippen LogP contribution in [0.2, 0.25) is 0 Å². The van der Waals surface area contributed by atoms with Gasteiger partial charge in [0.15, 0.2) is 0 Å². The number of anilines is 1. The zero-order valence-corrected chi connectivity index (χ0v) is 11.0. The standard InChI is InChI=1S/C15H12N4O2/c16-13(20)10-4-1-2-6-12(10)18-15(21)11-5-3-8-19-9-7-17-14(11)19/h1-9H,(H2,16,20)(H,18,21). The number of rotatable bonds is 3. The molecule has 2 amide bonds. The first-order chi connectivity index (χ1) is 10.2. The van der Waals surface area contributed by atoms with Crippen molar-refractivity contribution in [3.8, 4) is 0 Å². The van der Waals surface area contributed by atoms with Gasteiger partial charge in [0.05, 0.1) is 16.8 Å². The molecule has 0 aliphatic heterocycles. The van der Waals surface area contributed by atoms with Crippen molar-refractivity contribution in [3.63, 3.8) is 0 Å². The van der Waals surface area contributed by atoms with Gasteiger partial charge < -0.3 is 15.5 Å². The van der Waals surface area contributed by atoms with Crippen LogP contribution in [0.4, 0.5) is 5.69 Å². The van der Waals surface area contributed by atoms with Crippen molar-refractivity contribution in [3.05, 3.63) is 66.1 Å². The molecule has 0 aliphatic rings. The fourth-order valence-corrected chi connectivity index (χ4v) is 2.12. The summed E-state index contributed by atoms with van der Waals surface area (Å²) in [5.74, 6) is -0.939. The van der Waals surface area contributed by atoms with Crippen molar-refractivity contribution in [2.45, 2.75) is 0 Å². The fraction of sp³-hybridized carbons (Fsp3) is 0. The second-order valence-corrected chi connectivity index (χ2v) is 4.44. The highest BCUT2D eigenvalue weighted by Gasteiger charge is 2.14. The largest absolute Gasteiger partial charge is 0.366 e. The summed E-state index contributed by atoms with van der Waals surface area (Å²) in [4.78, 5) is 27.9. The maximum atomic E-state index is 12.4. The Morgan fingerprint density at radius 3 is 2.62 bits per heavy atom. The molecule has 1 aromatic carbocycles. The van der Waals surface area contributed by atoms with Crippen LogP contribution in [0.1, 0.15) is 20.7 Å². The number of nitrogens with two attached hydrogens (primary N) is 1.